The first-order valence-corrected chi connectivity index (χ1v) is 5.38. The Labute approximate surface area is 98.5 Å². The molecule has 5 nitrogen and oxygen atoms in total. The van der Waals surface area contributed by atoms with Crippen LogP contribution in [0, 0.1) is 0 Å². The van der Waals surface area contributed by atoms with Gasteiger partial charge in [-0.15, -0.1) is 0 Å². The lowest BCUT2D eigenvalue weighted by Crippen LogP contribution is -2.59. The topological polar surface area (TPSA) is 68.2 Å². The van der Waals surface area contributed by atoms with Crippen LogP contribution in [-0.4, -0.2) is 36.0 Å². The van der Waals surface area contributed by atoms with Crippen molar-refractivity contribution in [3.63, 3.8) is 0 Å². The zero-order chi connectivity index (χ0) is 12.3. The van der Waals surface area contributed by atoms with E-state index in [-0.39, 0.29) is 0 Å². The van der Waals surface area contributed by atoms with E-state index in [0.29, 0.717) is 0 Å². The largest absolute Gasteiger partial charge is 0.359 e. The van der Waals surface area contributed by atoms with Crippen LogP contribution in [0.5, 0.6) is 0 Å². The van der Waals surface area contributed by atoms with Gasteiger partial charge in [-0.25, -0.2) is 0 Å². The Kier molecular flexibility index (Phi) is 2.14. The van der Waals surface area contributed by atoms with Gasteiger partial charge in [-0.1, -0.05) is 24.3 Å². The van der Waals surface area contributed by atoms with Gasteiger partial charge in [0.2, 0.25) is 0 Å². The number of hydrogen-bond donors (Lipinski definition) is 2. The minimum Gasteiger partial charge on any atom is -0.359 e. The van der Waals surface area contributed by atoms with Crippen molar-refractivity contribution >= 4 is 0 Å². The highest BCUT2D eigenvalue weighted by molar-refractivity contribution is 5.42. The fourth-order valence-electron chi connectivity index (χ4n) is 2.76. The molecule has 0 saturated carbocycles. The highest BCUT2D eigenvalue weighted by Crippen LogP contribution is 2.61. The second-order valence-electron chi connectivity index (χ2n) is 4.33. The van der Waals surface area contributed by atoms with E-state index >= 15 is 0 Å². The molecular formula is C12H14O5. The van der Waals surface area contributed by atoms with E-state index in [1.165, 1.54) is 14.2 Å². The summed E-state index contributed by atoms with van der Waals surface area (Å²) in [5.74, 6) is -3.78. The molecular weight excluding hydrogens is 224 g/mol. The minimum absolute atomic E-state index is 0.737. The first-order chi connectivity index (χ1) is 8.08. The lowest BCUT2D eigenvalue weighted by atomic mass is 9.82. The minimum atomic E-state index is -1.89. The van der Waals surface area contributed by atoms with Gasteiger partial charge in [0, 0.05) is 14.2 Å². The van der Waals surface area contributed by atoms with Crippen LogP contribution >= 0.6 is 0 Å². The third-order valence-corrected chi connectivity index (χ3v) is 3.68. The van der Waals surface area contributed by atoms with E-state index in [1.54, 1.807) is 0 Å². The van der Waals surface area contributed by atoms with Crippen molar-refractivity contribution in [2.45, 2.75) is 23.8 Å². The van der Waals surface area contributed by atoms with Gasteiger partial charge in [0.15, 0.2) is 0 Å². The Morgan fingerprint density at radius 3 is 1.76 bits per heavy atom. The SMILES string of the molecule is CO[C@@]1(O)[C@@H]2O[C@@H](c3ccccc32)[C@@]1(O)OC. The zero-order valence-electron chi connectivity index (χ0n) is 9.58. The van der Waals surface area contributed by atoms with Gasteiger partial charge >= 0.3 is 0 Å². The van der Waals surface area contributed by atoms with Crippen molar-refractivity contribution in [2.24, 2.45) is 0 Å². The second kappa shape index (κ2) is 3.28. The summed E-state index contributed by atoms with van der Waals surface area (Å²) >= 11 is 0. The average molecular weight is 238 g/mol. The molecule has 1 fully saturated rings. The summed E-state index contributed by atoms with van der Waals surface area (Å²) in [4.78, 5) is 0. The quantitative estimate of drug-likeness (QED) is 0.734. The summed E-state index contributed by atoms with van der Waals surface area (Å²) in [5.41, 5.74) is 1.65. The molecule has 4 atom stereocenters. The number of ether oxygens (including phenoxy) is 3. The molecule has 1 aromatic rings. The number of aliphatic hydroxyl groups is 2. The maximum absolute atomic E-state index is 10.4. The van der Waals surface area contributed by atoms with E-state index < -0.39 is 23.8 Å². The fraction of sp³-hybridized carbons (Fsp3) is 0.500. The van der Waals surface area contributed by atoms with Gasteiger partial charge in [0.25, 0.3) is 11.6 Å². The van der Waals surface area contributed by atoms with Crippen LogP contribution in [0.25, 0.3) is 0 Å². The molecule has 2 N–H and O–H groups in total. The van der Waals surface area contributed by atoms with Gasteiger partial charge in [-0.05, 0) is 11.1 Å². The van der Waals surface area contributed by atoms with Gasteiger partial charge in [0.1, 0.15) is 12.2 Å². The standard InChI is InChI=1S/C12H14O5/c1-15-11(13)9-7-5-3-4-6-8(7)10(17-9)12(11,14)16-2/h3-6,9-10,13-14H,1-2H3/t9-,10+,11+,12-. The number of benzene rings is 1. The number of hydrogen-bond acceptors (Lipinski definition) is 5. The van der Waals surface area contributed by atoms with E-state index in [1.807, 2.05) is 24.3 Å². The van der Waals surface area contributed by atoms with Gasteiger partial charge < -0.3 is 24.4 Å². The second-order valence-corrected chi connectivity index (χ2v) is 4.33. The maximum Gasteiger partial charge on any atom is 0.255 e. The van der Waals surface area contributed by atoms with Gasteiger partial charge in [0.05, 0.1) is 0 Å². The van der Waals surface area contributed by atoms with Gasteiger partial charge in [-0.3, -0.25) is 0 Å². The smallest absolute Gasteiger partial charge is 0.255 e. The lowest BCUT2D eigenvalue weighted by molar-refractivity contribution is -0.370. The van der Waals surface area contributed by atoms with E-state index in [9.17, 15) is 10.2 Å². The van der Waals surface area contributed by atoms with Crippen molar-refractivity contribution < 1.29 is 24.4 Å². The predicted octanol–water partition coefficient (Wildman–Crippen LogP) is 0.483. The Morgan fingerprint density at radius 2 is 1.41 bits per heavy atom. The van der Waals surface area contributed by atoms with Crippen LogP contribution < -0.4 is 0 Å². The van der Waals surface area contributed by atoms with Crippen LogP contribution in [0.2, 0.25) is 0 Å². The highest BCUT2D eigenvalue weighted by atomic mass is 16.8. The summed E-state index contributed by atoms with van der Waals surface area (Å²) in [6.45, 7) is 0. The monoisotopic (exact) mass is 238 g/mol. The molecule has 5 heteroatoms. The molecule has 0 unspecified atom stereocenters. The van der Waals surface area contributed by atoms with Crippen LogP contribution in [-0.2, 0) is 14.2 Å². The Hall–Kier alpha value is -0.980. The molecule has 17 heavy (non-hydrogen) atoms. The summed E-state index contributed by atoms with van der Waals surface area (Å²) in [6, 6.07) is 7.40. The van der Waals surface area contributed by atoms with Crippen molar-refractivity contribution in [1.82, 2.24) is 0 Å². The molecule has 0 spiro atoms. The van der Waals surface area contributed by atoms with Crippen LogP contribution in [0.4, 0.5) is 0 Å². The average Bonchev–Trinajstić information content (AvgIpc) is 2.86. The Morgan fingerprint density at radius 1 is 1.00 bits per heavy atom. The molecule has 0 aromatic heterocycles. The van der Waals surface area contributed by atoms with E-state index in [0.717, 1.165) is 11.1 Å². The summed E-state index contributed by atoms with van der Waals surface area (Å²) < 4.78 is 15.7. The molecule has 3 rings (SSSR count). The van der Waals surface area contributed by atoms with E-state index in [4.69, 9.17) is 14.2 Å². The van der Waals surface area contributed by atoms with Crippen LogP contribution in [0.1, 0.15) is 23.3 Å². The Bertz CT molecular complexity index is 421. The first-order valence-electron chi connectivity index (χ1n) is 5.38. The molecule has 1 saturated heterocycles. The van der Waals surface area contributed by atoms with Crippen molar-refractivity contribution in [2.75, 3.05) is 14.2 Å². The molecule has 2 aliphatic heterocycles. The van der Waals surface area contributed by atoms with Crippen molar-refractivity contribution in [3.05, 3.63) is 35.4 Å². The molecule has 2 heterocycles. The third kappa shape index (κ3) is 1.06. The molecule has 2 aliphatic rings. The predicted molar refractivity (Wildman–Crippen MR) is 56.9 cm³/mol. The first kappa shape index (κ1) is 11.1. The zero-order valence-corrected chi connectivity index (χ0v) is 9.58. The molecule has 2 bridgehead atoms. The lowest BCUT2D eigenvalue weighted by Gasteiger charge is -2.41. The highest BCUT2D eigenvalue weighted by Gasteiger charge is 2.72. The fourth-order valence-corrected chi connectivity index (χ4v) is 2.76. The van der Waals surface area contributed by atoms with Crippen LogP contribution in [0.15, 0.2) is 24.3 Å². The molecule has 0 aliphatic carbocycles. The van der Waals surface area contributed by atoms with Crippen molar-refractivity contribution in [3.8, 4) is 0 Å². The van der Waals surface area contributed by atoms with Crippen LogP contribution in [0.3, 0.4) is 0 Å². The van der Waals surface area contributed by atoms with Gasteiger partial charge in [-0.2, -0.15) is 0 Å². The molecule has 0 radical (unpaired) electrons. The third-order valence-electron chi connectivity index (χ3n) is 3.68. The summed E-state index contributed by atoms with van der Waals surface area (Å²) in [6.07, 6.45) is -1.47. The number of rotatable bonds is 2. The van der Waals surface area contributed by atoms with E-state index in [2.05, 4.69) is 0 Å². The summed E-state index contributed by atoms with van der Waals surface area (Å²) in [7, 11) is 2.63. The molecule has 0 amide bonds. The number of fused-ring (bicyclic) bond motifs is 5. The van der Waals surface area contributed by atoms with Crippen molar-refractivity contribution in [1.29, 1.82) is 0 Å². The molecule has 1 aromatic carbocycles. The Balaban J connectivity index is 2.20. The normalized spacial score (nSPS) is 42.8. The summed E-state index contributed by atoms with van der Waals surface area (Å²) in [5, 5.41) is 20.9. The molecule has 92 valence electrons. The maximum atomic E-state index is 10.4. The number of methoxy groups -OCH3 is 2.